The number of rotatable bonds is 4. The van der Waals surface area contributed by atoms with Crippen LogP contribution in [0.4, 0.5) is 0 Å². The van der Waals surface area contributed by atoms with Crippen LogP contribution in [0.3, 0.4) is 0 Å². The van der Waals surface area contributed by atoms with Crippen LogP contribution in [-0.2, 0) is 21.2 Å². The molecule has 0 radical (unpaired) electrons. The van der Waals surface area contributed by atoms with Crippen molar-refractivity contribution in [2.24, 2.45) is 5.41 Å². The molecule has 2 saturated heterocycles. The maximum Gasteiger partial charge on any atom is 0.263 e. The lowest BCUT2D eigenvalue weighted by Gasteiger charge is -2.39. The number of hydrogen-bond donors (Lipinski definition) is 0. The minimum absolute atomic E-state index is 0.00929. The Balaban J connectivity index is 1.34. The lowest BCUT2D eigenvalue weighted by atomic mass is 9.78. The number of piperidine rings is 1. The summed E-state index contributed by atoms with van der Waals surface area (Å²) in [6, 6.07) is 3.09. The predicted octanol–water partition coefficient (Wildman–Crippen LogP) is 0.293. The van der Waals surface area contributed by atoms with Crippen LogP contribution in [0.25, 0.3) is 0 Å². The molecular formula is C17H22N6O4S2. The van der Waals surface area contributed by atoms with E-state index in [1.54, 1.807) is 6.07 Å². The molecule has 0 aromatic carbocycles. The number of likely N-dealkylation sites (tertiary alicyclic amines) is 2. The van der Waals surface area contributed by atoms with Crippen LogP contribution in [0.2, 0.25) is 0 Å². The fourth-order valence-electron chi connectivity index (χ4n) is 4.03. The average molecular weight is 439 g/mol. The lowest BCUT2D eigenvalue weighted by molar-refractivity contribution is -0.134. The lowest BCUT2D eigenvalue weighted by Crippen LogP contribution is -2.45. The monoisotopic (exact) mass is 438 g/mol. The number of amides is 2. The van der Waals surface area contributed by atoms with Crippen LogP contribution in [0, 0.1) is 5.41 Å². The van der Waals surface area contributed by atoms with E-state index in [0.29, 0.717) is 31.1 Å². The quantitative estimate of drug-likeness (QED) is 0.673. The zero-order chi connectivity index (χ0) is 20.6. The third-order valence-electron chi connectivity index (χ3n) is 5.75. The highest BCUT2D eigenvalue weighted by Gasteiger charge is 2.43. The summed E-state index contributed by atoms with van der Waals surface area (Å²) in [4.78, 5) is 29.3. The number of carbonyl (C=O) groups is 2. The predicted molar refractivity (Wildman–Crippen MR) is 104 cm³/mol. The zero-order valence-corrected chi connectivity index (χ0v) is 17.7. The second-order valence-corrected chi connectivity index (χ2v) is 11.1. The minimum Gasteiger partial charge on any atom is -0.341 e. The second kappa shape index (κ2) is 7.48. The van der Waals surface area contributed by atoms with Crippen LogP contribution in [0.15, 0.2) is 22.7 Å². The summed E-state index contributed by atoms with van der Waals surface area (Å²) in [5.74, 6) is -0.121. The highest BCUT2D eigenvalue weighted by molar-refractivity contribution is 7.92. The molecule has 0 saturated carbocycles. The number of tetrazole rings is 1. The molecule has 29 heavy (non-hydrogen) atoms. The first kappa shape index (κ1) is 20.0. The van der Waals surface area contributed by atoms with Gasteiger partial charge in [-0.2, -0.15) is 0 Å². The smallest absolute Gasteiger partial charge is 0.263 e. The topological polar surface area (TPSA) is 118 Å². The number of carbonyl (C=O) groups excluding carboxylic acids is 2. The van der Waals surface area contributed by atoms with E-state index >= 15 is 0 Å². The van der Waals surface area contributed by atoms with Gasteiger partial charge in [0, 0.05) is 32.4 Å². The molecule has 0 unspecified atom stereocenters. The van der Waals surface area contributed by atoms with Crippen LogP contribution < -0.4 is 0 Å². The summed E-state index contributed by atoms with van der Waals surface area (Å²) in [5.41, 5.74) is 0.0260. The van der Waals surface area contributed by atoms with E-state index in [-0.39, 0.29) is 28.0 Å². The van der Waals surface area contributed by atoms with Crippen LogP contribution in [0.5, 0.6) is 0 Å². The standard InChI is InChI=1S/C17H22N6O4S2/c1-29(26,27)15-3-2-13(28-15)16(25)22-9-6-17(11-22)4-7-21(8-5-17)14(24)10-23-12-18-19-20-23/h2-3,12H,4-11H2,1H3. The van der Waals surface area contributed by atoms with Crippen molar-refractivity contribution < 1.29 is 18.0 Å². The van der Waals surface area contributed by atoms with Crippen LogP contribution in [-0.4, -0.2) is 82.7 Å². The average Bonchev–Trinajstić information content (AvgIpc) is 3.42. The van der Waals surface area contributed by atoms with Crippen LogP contribution in [0.1, 0.15) is 28.9 Å². The number of hydrogen-bond acceptors (Lipinski definition) is 8. The van der Waals surface area contributed by atoms with Crippen molar-refractivity contribution in [1.29, 1.82) is 0 Å². The van der Waals surface area contributed by atoms with E-state index < -0.39 is 9.84 Å². The van der Waals surface area contributed by atoms with E-state index in [0.717, 1.165) is 36.9 Å². The van der Waals surface area contributed by atoms with Gasteiger partial charge in [0.25, 0.3) is 5.91 Å². The Hall–Kier alpha value is -2.34. The van der Waals surface area contributed by atoms with E-state index in [4.69, 9.17) is 0 Å². The van der Waals surface area contributed by atoms with E-state index in [1.165, 1.54) is 17.1 Å². The molecule has 2 aromatic heterocycles. The van der Waals surface area contributed by atoms with Crippen molar-refractivity contribution in [2.75, 3.05) is 32.4 Å². The van der Waals surface area contributed by atoms with E-state index in [2.05, 4.69) is 15.5 Å². The first-order valence-corrected chi connectivity index (χ1v) is 12.0. The summed E-state index contributed by atoms with van der Waals surface area (Å²) < 4.78 is 24.9. The van der Waals surface area contributed by atoms with Gasteiger partial charge in [-0.3, -0.25) is 9.59 Å². The Morgan fingerprint density at radius 1 is 1.14 bits per heavy atom. The largest absolute Gasteiger partial charge is 0.341 e. The Kier molecular flexibility index (Phi) is 5.15. The third kappa shape index (κ3) is 4.17. The number of nitrogens with zero attached hydrogens (tertiary/aromatic N) is 6. The second-order valence-electron chi connectivity index (χ2n) is 7.76. The summed E-state index contributed by atoms with van der Waals surface area (Å²) in [6.45, 7) is 2.74. The summed E-state index contributed by atoms with van der Waals surface area (Å²) in [6.07, 6.45) is 5.16. The van der Waals surface area contributed by atoms with Crippen LogP contribution >= 0.6 is 11.3 Å². The molecule has 2 aliphatic heterocycles. The number of thiophene rings is 1. The van der Waals surface area contributed by atoms with E-state index in [1.807, 2.05) is 9.80 Å². The van der Waals surface area contributed by atoms with Gasteiger partial charge in [-0.15, -0.1) is 16.4 Å². The highest BCUT2D eigenvalue weighted by Crippen LogP contribution is 2.41. The molecule has 156 valence electrons. The van der Waals surface area contributed by atoms with Crippen molar-refractivity contribution in [2.45, 2.75) is 30.0 Å². The zero-order valence-electron chi connectivity index (χ0n) is 16.0. The third-order valence-corrected chi connectivity index (χ3v) is 8.64. The maximum absolute atomic E-state index is 12.8. The summed E-state index contributed by atoms with van der Waals surface area (Å²) in [7, 11) is -3.30. The molecule has 0 atom stereocenters. The molecule has 2 fully saturated rings. The van der Waals surface area contributed by atoms with Gasteiger partial charge < -0.3 is 9.80 Å². The van der Waals surface area contributed by atoms with Gasteiger partial charge in [-0.1, -0.05) is 0 Å². The van der Waals surface area contributed by atoms with E-state index in [9.17, 15) is 18.0 Å². The van der Waals surface area contributed by atoms with Crippen molar-refractivity contribution in [1.82, 2.24) is 30.0 Å². The molecule has 2 amide bonds. The number of sulfone groups is 1. The summed E-state index contributed by atoms with van der Waals surface area (Å²) >= 11 is 1.03. The van der Waals surface area contributed by atoms with Gasteiger partial charge in [0.2, 0.25) is 5.91 Å². The van der Waals surface area contributed by atoms with Crippen molar-refractivity contribution in [3.05, 3.63) is 23.3 Å². The molecule has 0 N–H and O–H groups in total. The summed E-state index contributed by atoms with van der Waals surface area (Å²) in [5, 5.41) is 10.8. The molecule has 4 heterocycles. The molecule has 0 aliphatic carbocycles. The Morgan fingerprint density at radius 3 is 2.41 bits per heavy atom. The Bertz CT molecular complexity index is 1010. The molecule has 10 nitrogen and oxygen atoms in total. The van der Waals surface area contributed by atoms with Crippen molar-refractivity contribution in [3.8, 4) is 0 Å². The molecule has 1 spiro atoms. The first-order valence-electron chi connectivity index (χ1n) is 9.34. The fraction of sp³-hybridized carbons (Fsp3) is 0.588. The van der Waals surface area contributed by atoms with Gasteiger partial charge in [0.05, 0.1) is 4.88 Å². The molecular weight excluding hydrogens is 416 g/mol. The molecule has 0 bridgehead atoms. The fourth-order valence-corrected chi connectivity index (χ4v) is 5.92. The number of aromatic nitrogens is 4. The van der Waals surface area contributed by atoms with Crippen molar-refractivity contribution >= 4 is 33.0 Å². The van der Waals surface area contributed by atoms with Gasteiger partial charge >= 0.3 is 0 Å². The van der Waals surface area contributed by atoms with Crippen molar-refractivity contribution in [3.63, 3.8) is 0 Å². The maximum atomic E-state index is 12.8. The minimum atomic E-state index is -3.30. The van der Waals surface area contributed by atoms with Gasteiger partial charge in [0.15, 0.2) is 9.84 Å². The normalized spacial score (nSPS) is 19.1. The molecule has 2 aliphatic rings. The Morgan fingerprint density at radius 2 is 1.83 bits per heavy atom. The van der Waals surface area contributed by atoms with Gasteiger partial charge in [-0.05, 0) is 47.2 Å². The Labute approximate surface area is 172 Å². The SMILES string of the molecule is CS(=O)(=O)c1ccc(C(=O)N2CCC3(CCN(C(=O)Cn4cnnn4)CC3)C2)s1. The highest BCUT2D eigenvalue weighted by atomic mass is 32.2. The molecule has 2 aromatic rings. The molecule has 12 heteroatoms. The first-order chi connectivity index (χ1) is 13.8. The van der Waals surface area contributed by atoms with Gasteiger partial charge in [0.1, 0.15) is 17.1 Å². The van der Waals surface area contributed by atoms with Gasteiger partial charge in [-0.25, -0.2) is 13.1 Å². The molecule has 4 rings (SSSR count).